The molecule has 0 bridgehead atoms. The SMILES string of the molecule is C=C(Cc1ccccc1)C(C)CC1=Cc2ccccc2C1C.CC.CC. The highest BCUT2D eigenvalue weighted by Gasteiger charge is 2.22. The van der Waals surface area contributed by atoms with E-state index in [0.29, 0.717) is 11.8 Å². The number of allylic oxidation sites excluding steroid dienone is 2. The van der Waals surface area contributed by atoms with E-state index in [0.717, 1.165) is 12.8 Å². The molecule has 1 aliphatic carbocycles. The smallest absolute Gasteiger partial charge is 0.00293 e. The Morgan fingerprint density at radius 3 is 2.12 bits per heavy atom. The van der Waals surface area contributed by atoms with Crippen LogP contribution in [-0.4, -0.2) is 0 Å². The third-order valence-corrected chi connectivity index (χ3v) is 4.87. The molecule has 0 amide bonds. The summed E-state index contributed by atoms with van der Waals surface area (Å²) in [6.45, 7) is 17.0. The first-order valence-electron chi connectivity index (χ1n) is 10.2. The van der Waals surface area contributed by atoms with Crippen LogP contribution in [0.5, 0.6) is 0 Å². The fourth-order valence-corrected chi connectivity index (χ4v) is 3.33. The van der Waals surface area contributed by atoms with Crippen LogP contribution >= 0.6 is 0 Å². The van der Waals surface area contributed by atoms with Gasteiger partial charge in [-0.05, 0) is 35.4 Å². The van der Waals surface area contributed by atoms with Crippen LogP contribution in [0.25, 0.3) is 6.08 Å². The van der Waals surface area contributed by atoms with Crippen molar-refractivity contribution in [2.75, 3.05) is 0 Å². The fourth-order valence-electron chi connectivity index (χ4n) is 3.33. The first-order valence-corrected chi connectivity index (χ1v) is 10.2. The fraction of sp³-hybridized carbons (Fsp3) is 0.385. The van der Waals surface area contributed by atoms with Crippen LogP contribution in [0.1, 0.15) is 70.6 Å². The molecule has 0 nitrogen and oxygen atoms in total. The van der Waals surface area contributed by atoms with Crippen LogP contribution in [0.15, 0.2) is 72.3 Å². The van der Waals surface area contributed by atoms with Gasteiger partial charge in [-0.1, -0.05) is 120 Å². The second-order valence-electron chi connectivity index (χ2n) is 6.50. The minimum Gasteiger partial charge on any atom is -0.0992 e. The Hall–Kier alpha value is -2.08. The lowest BCUT2D eigenvalue weighted by atomic mass is 9.86. The normalized spacial score (nSPS) is 15.5. The molecule has 0 heteroatoms. The minimum atomic E-state index is 0.517. The van der Waals surface area contributed by atoms with E-state index >= 15 is 0 Å². The van der Waals surface area contributed by atoms with Crippen molar-refractivity contribution >= 4 is 6.08 Å². The van der Waals surface area contributed by atoms with Crippen LogP contribution in [0.4, 0.5) is 0 Å². The average Bonchev–Trinajstić information content (AvgIpc) is 3.01. The molecule has 0 spiro atoms. The highest BCUT2D eigenvalue weighted by molar-refractivity contribution is 5.66. The second-order valence-corrected chi connectivity index (χ2v) is 6.50. The number of fused-ring (bicyclic) bond motifs is 1. The molecule has 2 aromatic rings. The first-order chi connectivity index (χ1) is 12.6. The van der Waals surface area contributed by atoms with Crippen LogP contribution in [-0.2, 0) is 6.42 Å². The lowest BCUT2D eigenvalue weighted by molar-refractivity contribution is 0.634. The van der Waals surface area contributed by atoms with Gasteiger partial charge in [0.2, 0.25) is 0 Å². The molecule has 2 aromatic carbocycles. The lowest BCUT2D eigenvalue weighted by Crippen LogP contribution is -2.05. The van der Waals surface area contributed by atoms with Gasteiger partial charge >= 0.3 is 0 Å². The Kier molecular flexibility index (Phi) is 9.73. The Morgan fingerprint density at radius 2 is 1.50 bits per heavy atom. The molecule has 0 fully saturated rings. The maximum atomic E-state index is 4.34. The van der Waals surface area contributed by atoms with Gasteiger partial charge in [0.15, 0.2) is 0 Å². The molecule has 0 saturated carbocycles. The minimum absolute atomic E-state index is 0.517. The summed E-state index contributed by atoms with van der Waals surface area (Å²) < 4.78 is 0. The highest BCUT2D eigenvalue weighted by atomic mass is 14.3. The van der Waals surface area contributed by atoms with Crippen LogP contribution < -0.4 is 0 Å². The zero-order valence-electron chi connectivity index (χ0n) is 17.5. The van der Waals surface area contributed by atoms with Crippen molar-refractivity contribution < 1.29 is 0 Å². The Balaban J connectivity index is 0.000000791. The molecule has 0 heterocycles. The Bertz CT molecular complexity index is 691. The predicted octanol–water partition coefficient (Wildman–Crippen LogP) is 8.06. The summed E-state index contributed by atoms with van der Waals surface area (Å²) in [4.78, 5) is 0. The van der Waals surface area contributed by atoms with Crippen molar-refractivity contribution in [1.82, 2.24) is 0 Å². The van der Waals surface area contributed by atoms with Crippen LogP contribution in [0.3, 0.4) is 0 Å². The average molecular weight is 349 g/mol. The molecule has 0 N–H and O–H groups in total. The molecule has 140 valence electrons. The van der Waals surface area contributed by atoms with E-state index in [1.54, 1.807) is 5.57 Å². The third-order valence-electron chi connectivity index (χ3n) is 4.87. The van der Waals surface area contributed by atoms with Crippen molar-refractivity contribution in [3.63, 3.8) is 0 Å². The summed E-state index contributed by atoms with van der Waals surface area (Å²) in [5.74, 6) is 1.06. The van der Waals surface area contributed by atoms with Crippen molar-refractivity contribution in [2.45, 2.75) is 60.3 Å². The number of hydrogen-bond acceptors (Lipinski definition) is 0. The Labute approximate surface area is 161 Å². The number of benzene rings is 2. The van der Waals surface area contributed by atoms with Crippen LogP contribution in [0, 0.1) is 5.92 Å². The van der Waals surface area contributed by atoms with Crippen LogP contribution in [0.2, 0.25) is 0 Å². The zero-order chi connectivity index (χ0) is 19.5. The van der Waals surface area contributed by atoms with E-state index in [1.165, 1.54) is 22.3 Å². The van der Waals surface area contributed by atoms with Gasteiger partial charge in [0.05, 0.1) is 0 Å². The summed E-state index contributed by atoms with van der Waals surface area (Å²) in [6, 6.07) is 19.4. The van der Waals surface area contributed by atoms with E-state index in [9.17, 15) is 0 Å². The summed E-state index contributed by atoms with van der Waals surface area (Å²) >= 11 is 0. The highest BCUT2D eigenvalue weighted by Crippen LogP contribution is 2.39. The molecule has 2 unspecified atom stereocenters. The summed E-state index contributed by atoms with van der Waals surface area (Å²) in [5.41, 5.74) is 7.10. The lowest BCUT2D eigenvalue weighted by Gasteiger charge is -2.18. The van der Waals surface area contributed by atoms with Gasteiger partial charge in [-0.2, -0.15) is 0 Å². The quantitative estimate of drug-likeness (QED) is 0.479. The molecule has 0 aliphatic heterocycles. The molecule has 0 saturated heterocycles. The summed E-state index contributed by atoms with van der Waals surface area (Å²) in [5, 5.41) is 0. The number of hydrogen-bond donors (Lipinski definition) is 0. The zero-order valence-corrected chi connectivity index (χ0v) is 17.5. The molecule has 1 aliphatic rings. The third kappa shape index (κ3) is 5.73. The van der Waals surface area contributed by atoms with E-state index in [1.807, 2.05) is 27.7 Å². The van der Waals surface area contributed by atoms with Gasteiger partial charge in [0.1, 0.15) is 0 Å². The van der Waals surface area contributed by atoms with Gasteiger partial charge in [-0.15, -0.1) is 0 Å². The summed E-state index contributed by atoms with van der Waals surface area (Å²) in [6.07, 6.45) is 4.48. The van der Waals surface area contributed by atoms with Gasteiger partial charge in [0, 0.05) is 5.92 Å². The predicted molar refractivity (Wildman–Crippen MR) is 119 cm³/mol. The van der Waals surface area contributed by atoms with Gasteiger partial charge in [-0.25, -0.2) is 0 Å². The Morgan fingerprint density at radius 1 is 0.923 bits per heavy atom. The molecular formula is C26H36. The van der Waals surface area contributed by atoms with Crippen molar-refractivity contribution in [3.8, 4) is 0 Å². The number of rotatable bonds is 5. The van der Waals surface area contributed by atoms with Gasteiger partial charge in [0.25, 0.3) is 0 Å². The second kappa shape index (κ2) is 11.5. The molecule has 3 rings (SSSR count). The van der Waals surface area contributed by atoms with Gasteiger partial charge in [-0.3, -0.25) is 0 Å². The van der Waals surface area contributed by atoms with E-state index in [2.05, 4.69) is 81.1 Å². The van der Waals surface area contributed by atoms with E-state index in [4.69, 9.17) is 0 Å². The maximum absolute atomic E-state index is 4.34. The molecule has 0 radical (unpaired) electrons. The van der Waals surface area contributed by atoms with Gasteiger partial charge < -0.3 is 0 Å². The largest absolute Gasteiger partial charge is 0.0992 e. The van der Waals surface area contributed by atoms with Crippen molar-refractivity contribution in [1.29, 1.82) is 0 Å². The maximum Gasteiger partial charge on any atom is 0.00293 e. The van der Waals surface area contributed by atoms with Crippen molar-refractivity contribution in [3.05, 3.63) is 89.0 Å². The monoisotopic (exact) mass is 348 g/mol. The topological polar surface area (TPSA) is 0 Å². The molecule has 2 atom stereocenters. The van der Waals surface area contributed by atoms with E-state index < -0.39 is 0 Å². The standard InChI is InChI=1S/C22H24.2C2H6/c1-16(13-19-9-5-4-6-10-19)17(2)14-21-15-20-11-7-8-12-22(20)18(21)3;2*1-2/h4-12,15,17-18H,1,13-14H2,2-3H3;2*1-2H3. The molecular weight excluding hydrogens is 312 g/mol. The first kappa shape index (κ1) is 22.0. The molecule has 0 aromatic heterocycles. The van der Waals surface area contributed by atoms with Crippen molar-refractivity contribution in [2.24, 2.45) is 5.92 Å². The van der Waals surface area contributed by atoms with E-state index in [-0.39, 0.29) is 0 Å². The summed E-state index contributed by atoms with van der Waals surface area (Å²) in [7, 11) is 0. The molecule has 26 heavy (non-hydrogen) atoms.